The van der Waals surface area contributed by atoms with Crippen molar-refractivity contribution >= 4 is 0 Å². The SMILES string of the molecule is C=CCCCCCCN(C)CC(C)CCCCCC(=C)C(CCCCCC)CCCCCCCC. The molecule has 0 spiro atoms. The minimum Gasteiger partial charge on any atom is -0.306 e. The van der Waals surface area contributed by atoms with Crippen LogP contribution in [0.4, 0.5) is 0 Å². The van der Waals surface area contributed by atoms with E-state index < -0.39 is 0 Å². The predicted octanol–water partition coefficient (Wildman–Crippen LogP) is 11.5. The molecule has 0 rings (SSSR count). The zero-order valence-electron chi connectivity index (χ0n) is 25.1. The average Bonchev–Trinajstić information content (AvgIpc) is 2.84. The van der Waals surface area contributed by atoms with Crippen molar-refractivity contribution in [2.24, 2.45) is 11.8 Å². The zero-order valence-corrected chi connectivity index (χ0v) is 25.1. The molecule has 0 amide bonds. The van der Waals surface area contributed by atoms with Gasteiger partial charge in [0.05, 0.1) is 0 Å². The van der Waals surface area contributed by atoms with E-state index in [-0.39, 0.29) is 0 Å². The summed E-state index contributed by atoms with van der Waals surface area (Å²) < 4.78 is 0. The molecule has 0 aliphatic heterocycles. The van der Waals surface area contributed by atoms with E-state index in [2.05, 4.69) is 45.9 Å². The molecular weight excluding hydrogens is 422 g/mol. The Morgan fingerprint density at radius 1 is 0.686 bits per heavy atom. The number of allylic oxidation sites excluding steroid dienone is 2. The number of hydrogen-bond acceptors (Lipinski definition) is 1. The van der Waals surface area contributed by atoms with Crippen LogP contribution < -0.4 is 0 Å². The maximum atomic E-state index is 4.59. The fraction of sp³-hybridized carbons (Fsp3) is 0.882. The summed E-state index contributed by atoms with van der Waals surface area (Å²) in [7, 11) is 2.31. The average molecular weight is 490 g/mol. The topological polar surface area (TPSA) is 3.24 Å². The maximum Gasteiger partial charge on any atom is 0.000397 e. The van der Waals surface area contributed by atoms with E-state index >= 15 is 0 Å². The van der Waals surface area contributed by atoms with Gasteiger partial charge in [0.25, 0.3) is 0 Å². The van der Waals surface area contributed by atoms with Gasteiger partial charge in [0.15, 0.2) is 0 Å². The second-order valence-electron chi connectivity index (χ2n) is 11.7. The van der Waals surface area contributed by atoms with Gasteiger partial charge >= 0.3 is 0 Å². The first kappa shape index (κ1) is 34.4. The van der Waals surface area contributed by atoms with Crippen LogP contribution in [0, 0.1) is 11.8 Å². The summed E-state index contributed by atoms with van der Waals surface area (Å²) in [6, 6.07) is 0. The highest BCUT2D eigenvalue weighted by Gasteiger charge is 2.13. The van der Waals surface area contributed by atoms with Crippen LogP contribution >= 0.6 is 0 Å². The van der Waals surface area contributed by atoms with Crippen molar-refractivity contribution in [3.8, 4) is 0 Å². The molecule has 0 aromatic carbocycles. The fourth-order valence-corrected chi connectivity index (χ4v) is 5.51. The highest BCUT2D eigenvalue weighted by molar-refractivity contribution is 5.00. The van der Waals surface area contributed by atoms with Gasteiger partial charge in [0, 0.05) is 6.54 Å². The van der Waals surface area contributed by atoms with Crippen LogP contribution in [0.2, 0.25) is 0 Å². The Bertz CT molecular complexity index is 454. The van der Waals surface area contributed by atoms with Crippen molar-refractivity contribution in [3.05, 3.63) is 24.8 Å². The largest absolute Gasteiger partial charge is 0.306 e. The van der Waals surface area contributed by atoms with Crippen LogP contribution in [0.25, 0.3) is 0 Å². The summed E-state index contributed by atoms with van der Waals surface area (Å²) in [4.78, 5) is 2.56. The highest BCUT2D eigenvalue weighted by atomic mass is 15.1. The normalized spacial score (nSPS) is 13.3. The number of nitrogens with zero attached hydrogens (tertiary/aromatic N) is 1. The zero-order chi connectivity index (χ0) is 26.0. The van der Waals surface area contributed by atoms with Gasteiger partial charge < -0.3 is 4.90 Å². The minimum absolute atomic E-state index is 0.794. The molecular formula is C34H67N. The smallest absolute Gasteiger partial charge is 0.000397 e. The van der Waals surface area contributed by atoms with E-state index in [1.165, 1.54) is 154 Å². The van der Waals surface area contributed by atoms with E-state index in [0.29, 0.717) is 0 Å². The van der Waals surface area contributed by atoms with Crippen LogP contribution in [-0.2, 0) is 0 Å². The number of unbranched alkanes of at least 4 members (excludes halogenated alkanes) is 14. The van der Waals surface area contributed by atoms with Gasteiger partial charge in [-0.1, -0.05) is 129 Å². The first-order valence-electron chi connectivity index (χ1n) is 16.0. The van der Waals surface area contributed by atoms with Crippen molar-refractivity contribution in [1.82, 2.24) is 4.90 Å². The summed E-state index contributed by atoms with van der Waals surface area (Å²) in [6.45, 7) is 18.0. The van der Waals surface area contributed by atoms with Crippen LogP contribution in [-0.4, -0.2) is 25.0 Å². The Morgan fingerprint density at radius 3 is 1.86 bits per heavy atom. The fourth-order valence-electron chi connectivity index (χ4n) is 5.51. The predicted molar refractivity (Wildman–Crippen MR) is 162 cm³/mol. The van der Waals surface area contributed by atoms with Gasteiger partial charge in [-0.2, -0.15) is 0 Å². The van der Waals surface area contributed by atoms with E-state index in [1.54, 1.807) is 5.57 Å². The highest BCUT2D eigenvalue weighted by Crippen LogP contribution is 2.28. The summed E-state index contributed by atoms with van der Waals surface area (Å²) >= 11 is 0. The quantitative estimate of drug-likeness (QED) is 0.0780. The molecule has 0 aromatic heterocycles. The molecule has 1 nitrogen and oxygen atoms in total. The van der Waals surface area contributed by atoms with Gasteiger partial charge in [0.2, 0.25) is 0 Å². The minimum atomic E-state index is 0.794. The van der Waals surface area contributed by atoms with Gasteiger partial charge in [-0.3, -0.25) is 0 Å². The van der Waals surface area contributed by atoms with Crippen LogP contribution in [0.15, 0.2) is 24.8 Å². The molecule has 0 aliphatic rings. The van der Waals surface area contributed by atoms with E-state index in [1.807, 2.05) is 6.08 Å². The molecule has 0 saturated carbocycles. The molecule has 0 saturated heterocycles. The molecule has 0 aromatic rings. The van der Waals surface area contributed by atoms with Crippen molar-refractivity contribution in [1.29, 1.82) is 0 Å². The second-order valence-corrected chi connectivity index (χ2v) is 11.7. The van der Waals surface area contributed by atoms with E-state index in [9.17, 15) is 0 Å². The van der Waals surface area contributed by atoms with E-state index in [4.69, 9.17) is 0 Å². The molecule has 35 heavy (non-hydrogen) atoms. The maximum absolute atomic E-state index is 4.59. The molecule has 0 radical (unpaired) electrons. The lowest BCUT2D eigenvalue weighted by Gasteiger charge is -2.22. The number of hydrogen-bond donors (Lipinski definition) is 0. The van der Waals surface area contributed by atoms with Crippen LogP contribution in [0.5, 0.6) is 0 Å². The molecule has 208 valence electrons. The summed E-state index contributed by atoms with van der Waals surface area (Å²) in [5.74, 6) is 1.62. The third-order valence-electron chi connectivity index (χ3n) is 7.91. The molecule has 0 fully saturated rings. The summed E-state index contributed by atoms with van der Waals surface area (Å²) in [6.07, 6.45) is 32.3. The summed E-state index contributed by atoms with van der Waals surface area (Å²) in [5, 5.41) is 0. The van der Waals surface area contributed by atoms with Gasteiger partial charge in [0.1, 0.15) is 0 Å². The van der Waals surface area contributed by atoms with Gasteiger partial charge in [-0.05, 0) is 76.8 Å². The van der Waals surface area contributed by atoms with Crippen LogP contribution in [0.1, 0.15) is 162 Å². The molecule has 1 heteroatoms. The molecule has 0 aliphatic carbocycles. The van der Waals surface area contributed by atoms with Gasteiger partial charge in [-0.15, -0.1) is 6.58 Å². The van der Waals surface area contributed by atoms with Crippen molar-refractivity contribution in [2.45, 2.75) is 162 Å². The van der Waals surface area contributed by atoms with Gasteiger partial charge in [-0.25, -0.2) is 0 Å². The number of rotatable bonds is 28. The second kappa shape index (κ2) is 26.5. The molecule has 2 atom stereocenters. The monoisotopic (exact) mass is 490 g/mol. The first-order valence-corrected chi connectivity index (χ1v) is 16.0. The molecule has 2 unspecified atom stereocenters. The lowest BCUT2D eigenvalue weighted by Crippen LogP contribution is -2.25. The molecule has 0 bridgehead atoms. The Kier molecular flexibility index (Phi) is 26.1. The standard InChI is InChI=1S/C34H67N/c1-7-10-13-16-18-24-29-34(28-23-15-12-9-3)33(5)27-22-20-21-26-32(4)31-35(6)30-25-19-17-14-11-8-2/h8,32,34H,2,5,7,9-31H2,1,3-4,6H3. The third kappa shape index (κ3) is 23.6. The van der Waals surface area contributed by atoms with Crippen molar-refractivity contribution in [2.75, 3.05) is 20.1 Å². The third-order valence-corrected chi connectivity index (χ3v) is 7.91. The first-order chi connectivity index (χ1) is 17.0. The molecule has 0 N–H and O–H groups in total. The van der Waals surface area contributed by atoms with Crippen molar-refractivity contribution in [3.63, 3.8) is 0 Å². The Balaban J connectivity index is 4.00. The lowest BCUT2D eigenvalue weighted by molar-refractivity contribution is 0.269. The van der Waals surface area contributed by atoms with Crippen molar-refractivity contribution < 1.29 is 0 Å². The Morgan fingerprint density at radius 2 is 1.20 bits per heavy atom. The Labute approximate surface area is 223 Å². The molecule has 0 heterocycles. The lowest BCUT2D eigenvalue weighted by atomic mass is 9.86. The van der Waals surface area contributed by atoms with Crippen LogP contribution in [0.3, 0.4) is 0 Å². The summed E-state index contributed by atoms with van der Waals surface area (Å²) in [5.41, 5.74) is 1.58. The van der Waals surface area contributed by atoms with E-state index in [0.717, 1.165) is 11.8 Å². The Hall–Kier alpha value is -0.560.